The second kappa shape index (κ2) is 4.92. The van der Waals surface area contributed by atoms with Gasteiger partial charge in [0.05, 0.1) is 0 Å². The fraction of sp³-hybridized carbons (Fsp3) is 0. The van der Waals surface area contributed by atoms with Gasteiger partial charge >= 0.3 is 0 Å². The van der Waals surface area contributed by atoms with Crippen molar-refractivity contribution < 1.29 is 4.79 Å². The van der Waals surface area contributed by atoms with E-state index in [-0.39, 0.29) is 5.91 Å². The summed E-state index contributed by atoms with van der Waals surface area (Å²) in [4.78, 5) is 27.7. The summed E-state index contributed by atoms with van der Waals surface area (Å²) >= 11 is 0. The molecule has 1 amide bonds. The van der Waals surface area contributed by atoms with E-state index in [9.17, 15) is 4.79 Å². The number of carbonyl (C=O) groups excluding carboxylic acids is 1. The van der Waals surface area contributed by atoms with Gasteiger partial charge in [0.25, 0.3) is 5.91 Å². The maximum absolute atomic E-state index is 12.1. The molecule has 0 radical (unpaired) electrons. The second-order valence-electron chi connectivity index (χ2n) is 4.82. The van der Waals surface area contributed by atoms with Crippen LogP contribution in [0.4, 0.5) is 0 Å². The Labute approximate surface area is 125 Å². The zero-order chi connectivity index (χ0) is 14.9. The molecule has 6 heteroatoms. The number of aromatic amines is 1. The van der Waals surface area contributed by atoms with Crippen molar-refractivity contribution >= 4 is 28.9 Å². The van der Waals surface area contributed by atoms with Crippen LogP contribution in [0.15, 0.2) is 59.7 Å². The van der Waals surface area contributed by atoms with E-state index < -0.39 is 0 Å². The Morgan fingerprint density at radius 3 is 2.82 bits per heavy atom. The lowest BCUT2D eigenvalue weighted by Gasteiger charge is -1.97. The Morgan fingerprint density at radius 1 is 1.09 bits per heavy atom. The Balaban J connectivity index is 1.76. The molecular weight excluding hydrogens is 278 g/mol. The molecule has 1 aliphatic rings. The number of nitrogens with zero attached hydrogens (tertiary/aromatic N) is 3. The van der Waals surface area contributed by atoms with E-state index in [4.69, 9.17) is 0 Å². The molecular formula is C16H11N5O. The van der Waals surface area contributed by atoms with E-state index in [2.05, 4.69) is 25.3 Å². The first-order valence-electron chi connectivity index (χ1n) is 6.75. The Hall–Kier alpha value is -3.28. The van der Waals surface area contributed by atoms with Gasteiger partial charge in [-0.1, -0.05) is 0 Å². The summed E-state index contributed by atoms with van der Waals surface area (Å²) in [5, 5.41) is 3.72. The molecule has 0 aliphatic carbocycles. The molecule has 0 bridgehead atoms. The first-order chi connectivity index (χ1) is 10.8. The number of carbonyl (C=O) groups is 1. The SMILES string of the molecule is O=C1NC(c2ccncc2)=N/C1=C\c1c[nH]c2ncccc12. The van der Waals surface area contributed by atoms with E-state index in [0.29, 0.717) is 11.5 Å². The Bertz CT molecular complexity index is 924. The number of aliphatic imine (C=N–C) groups is 1. The van der Waals surface area contributed by atoms with Gasteiger partial charge < -0.3 is 10.3 Å². The zero-order valence-electron chi connectivity index (χ0n) is 11.4. The van der Waals surface area contributed by atoms with E-state index in [1.807, 2.05) is 18.3 Å². The fourth-order valence-corrected chi connectivity index (χ4v) is 2.36. The average molecular weight is 289 g/mol. The highest BCUT2D eigenvalue weighted by molar-refractivity contribution is 6.20. The van der Waals surface area contributed by atoms with Crippen LogP contribution in [0.1, 0.15) is 11.1 Å². The summed E-state index contributed by atoms with van der Waals surface area (Å²) in [7, 11) is 0. The van der Waals surface area contributed by atoms with Crippen molar-refractivity contribution in [3.05, 3.63) is 65.9 Å². The van der Waals surface area contributed by atoms with Gasteiger partial charge in [0.2, 0.25) is 0 Å². The number of fused-ring (bicyclic) bond motifs is 1. The number of hydrogen-bond donors (Lipinski definition) is 2. The summed E-state index contributed by atoms with van der Waals surface area (Å²) in [5.41, 5.74) is 2.86. The molecule has 0 saturated carbocycles. The summed E-state index contributed by atoms with van der Waals surface area (Å²) in [6, 6.07) is 7.42. The third-order valence-electron chi connectivity index (χ3n) is 3.43. The molecule has 0 saturated heterocycles. The quantitative estimate of drug-likeness (QED) is 0.706. The number of hydrogen-bond acceptors (Lipinski definition) is 4. The van der Waals surface area contributed by atoms with Crippen molar-refractivity contribution in [3.63, 3.8) is 0 Å². The van der Waals surface area contributed by atoms with Crippen molar-refractivity contribution in [3.8, 4) is 0 Å². The standard InChI is InChI=1S/C16H11N5O/c22-16-13(20-14(21-16)10-3-6-17-7-4-10)8-11-9-19-15-12(11)2-1-5-18-15/h1-9H,(H,18,19)(H,20,21,22)/b13-8-. The minimum absolute atomic E-state index is 0.218. The van der Waals surface area contributed by atoms with Crippen LogP contribution < -0.4 is 5.32 Å². The lowest BCUT2D eigenvalue weighted by atomic mass is 10.2. The van der Waals surface area contributed by atoms with Crippen molar-refractivity contribution in [2.45, 2.75) is 0 Å². The molecule has 3 aromatic rings. The van der Waals surface area contributed by atoms with Gasteiger partial charge in [-0.3, -0.25) is 9.78 Å². The van der Waals surface area contributed by atoms with E-state index in [0.717, 1.165) is 22.2 Å². The van der Waals surface area contributed by atoms with Crippen LogP contribution in [-0.2, 0) is 4.79 Å². The zero-order valence-corrected chi connectivity index (χ0v) is 11.4. The lowest BCUT2D eigenvalue weighted by Crippen LogP contribution is -2.24. The maximum Gasteiger partial charge on any atom is 0.275 e. The van der Waals surface area contributed by atoms with Gasteiger partial charge in [-0.25, -0.2) is 9.98 Å². The summed E-state index contributed by atoms with van der Waals surface area (Å²) in [5.74, 6) is 0.321. The van der Waals surface area contributed by atoms with Gasteiger partial charge in [0.15, 0.2) is 0 Å². The number of amidine groups is 1. The fourth-order valence-electron chi connectivity index (χ4n) is 2.36. The van der Waals surface area contributed by atoms with Crippen molar-refractivity contribution in [1.82, 2.24) is 20.3 Å². The van der Waals surface area contributed by atoms with Crippen LogP contribution in [0.25, 0.3) is 17.1 Å². The molecule has 2 N–H and O–H groups in total. The molecule has 106 valence electrons. The van der Waals surface area contributed by atoms with E-state index in [1.165, 1.54) is 0 Å². The lowest BCUT2D eigenvalue weighted by molar-refractivity contribution is -0.115. The first-order valence-corrected chi connectivity index (χ1v) is 6.75. The van der Waals surface area contributed by atoms with Crippen LogP contribution in [0.2, 0.25) is 0 Å². The van der Waals surface area contributed by atoms with Crippen LogP contribution in [0.5, 0.6) is 0 Å². The molecule has 4 rings (SSSR count). The van der Waals surface area contributed by atoms with Crippen molar-refractivity contribution in [2.24, 2.45) is 4.99 Å². The Morgan fingerprint density at radius 2 is 1.95 bits per heavy atom. The van der Waals surface area contributed by atoms with Crippen molar-refractivity contribution in [1.29, 1.82) is 0 Å². The highest BCUT2D eigenvalue weighted by Gasteiger charge is 2.21. The van der Waals surface area contributed by atoms with E-state index in [1.54, 1.807) is 36.8 Å². The summed E-state index contributed by atoms with van der Waals surface area (Å²) in [6.07, 6.45) is 8.62. The number of H-pyrrole nitrogens is 1. The smallest absolute Gasteiger partial charge is 0.275 e. The third kappa shape index (κ3) is 2.07. The topological polar surface area (TPSA) is 83.0 Å². The monoisotopic (exact) mass is 289 g/mol. The molecule has 0 atom stereocenters. The normalized spacial score (nSPS) is 16.1. The second-order valence-corrected chi connectivity index (χ2v) is 4.82. The molecule has 0 fully saturated rings. The highest BCUT2D eigenvalue weighted by Crippen LogP contribution is 2.21. The van der Waals surface area contributed by atoms with Crippen LogP contribution in [-0.4, -0.2) is 26.7 Å². The third-order valence-corrected chi connectivity index (χ3v) is 3.43. The molecule has 22 heavy (non-hydrogen) atoms. The molecule has 6 nitrogen and oxygen atoms in total. The van der Waals surface area contributed by atoms with Gasteiger partial charge in [0, 0.05) is 41.3 Å². The van der Waals surface area contributed by atoms with Gasteiger partial charge in [-0.15, -0.1) is 0 Å². The number of rotatable bonds is 2. The average Bonchev–Trinajstić information content (AvgIpc) is 3.13. The van der Waals surface area contributed by atoms with Crippen LogP contribution >= 0.6 is 0 Å². The molecule has 0 unspecified atom stereocenters. The minimum Gasteiger partial charge on any atom is -0.346 e. The minimum atomic E-state index is -0.218. The molecule has 1 aliphatic heterocycles. The number of pyridine rings is 2. The molecule has 0 spiro atoms. The van der Waals surface area contributed by atoms with Crippen molar-refractivity contribution in [2.75, 3.05) is 0 Å². The van der Waals surface area contributed by atoms with Crippen LogP contribution in [0, 0.1) is 0 Å². The number of amides is 1. The van der Waals surface area contributed by atoms with Gasteiger partial charge in [-0.2, -0.15) is 0 Å². The Kier molecular flexibility index (Phi) is 2.79. The number of nitrogens with one attached hydrogen (secondary N) is 2. The van der Waals surface area contributed by atoms with Gasteiger partial charge in [0.1, 0.15) is 17.2 Å². The summed E-state index contributed by atoms with van der Waals surface area (Å²) < 4.78 is 0. The highest BCUT2D eigenvalue weighted by atomic mass is 16.2. The van der Waals surface area contributed by atoms with E-state index >= 15 is 0 Å². The van der Waals surface area contributed by atoms with Gasteiger partial charge in [-0.05, 0) is 30.3 Å². The molecule has 4 heterocycles. The predicted octanol–water partition coefficient (Wildman–Crippen LogP) is 1.88. The largest absolute Gasteiger partial charge is 0.346 e. The summed E-state index contributed by atoms with van der Waals surface area (Å²) in [6.45, 7) is 0. The van der Waals surface area contributed by atoms with Crippen LogP contribution in [0.3, 0.4) is 0 Å². The molecule has 0 aromatic carbocycles. The first kappa shape index (κ1) is 12.5. The molecule has 3 aromatic heterocycles. The number of aromatic nitrogens is 3. The maximum atomic E-state index is 12.1. The predicted molar refractivity (Wildman–Crippen MR) is 83.0 cm³/mol.